The molecule has 1 aromatic heterocycles. The van der Waals surface area contributed by atoms with Crippen LogP contribution >= 0.6 is 0 Å². The van der Waals surface area contributed by atoms with Crippen LogP contribution in [0, 0.1) is 0 Å². The average molecular weight is 317 g/mol. The highest BCUT2D eigenvalue weighted by molar-refractivity contribution is 5.89. The highest BCUT2D eigenvalue weighted by atomic mass is 16.4. The van der Waals surface area contributed by atoms with Gasteiger partial charge in [0.05, 0.1) is 17.6 Å². The minimum atomic E-state index is -1.26. The number of hydrogen-bond donors (Lipinski definition) is 5. The molecule has 8 heteroatoms. The van der Waals surface area contributed by atoms with Gasteiger partial charge in [0, 0.05) is 24.0 Å². The first kappa shape index (κ1) is 17.5. The third-order valence-corrected chi connectivity index (χ3v) is 2.37. The molecule has 0 unspecified atom stereocenters. The van der Waals surface area contributed by atoms with Crippen LogP contribution in [0.3, 0.4) is 0 Å². The van der Waals surface area contributed by atoms with E-state index >= 15 is 0 Å². The molecular weight excluding hydrogens is 302 g/mol. The maximum absolute atomic E-state index is 9.55. The van der Waals surface area contributed by atoms with E-state index in [1.165, 1.54) is 0 Å². The number of aromatic nitrogens is 1. The van der Waals surface area contributed by atoms with E-state index in [0.717, 1.165) is 11.4 Å². The normalized spacial score (nSPS) is 9.74. The molecule has 0 fully saturated rings. The van der Waals surface area contributed by atoms with Crippen molar-refractivity contribution in [2.24, 2.45) is 0 Å². The highest BCUT2D eigenvalue weighted by Gasteiger charge is 1.98. The predicted octanol–water partition coefficient (Wildman–Crippen LogP) is 1.82. The van der Waals surface area contributed by atoms with Crippen molar-refractivity contribution in [1.82, 2.24) is 4.98 Å². The lowest BCUT2D eigenvalue weighted by atomic mass is 10.3. The van der Waals surface area contributed by atoms with Crippen molar-refractivity contribution in [1.29, 1.82) is 0 Å². The van der Waals surface area contributed by atoms with Crippen molar-refractivity contribution in [2.45, 2.75) is 0 Å². The van der Waals surface area contributed by atoms with E-state index in [-0.39, 0.29) is 5.75 Å². The van der Waals surface area contributed by atoms with Crippen LogP contribution in [0.2, 0.25) is 0 Å². The van der Waals surface area contributed by atoms with Crippen molar-refractivity contribution in [2.75, 3.05) is 11.1 Å². The minimum absolute atomic E-state index is 0.236. The smallest absolute Gasteiger partial charge is 0.328 e. The topological polar surface area (TPSA) is 146 Å². The van der Waals surface area contributed by atoms with Gasteiger partial charge in [-0.25, -0.2) is 9.59 Å². The second-order valence-corrected chi connectivity index (χ2v) is 4.14. The summed E-state index contributed by atoms with van der Waals surface area (Å²) in [4.78, 5) is 23.1. The predicted molar refractivity (Wildman–Crippen MR) is 84.5 cm³/mol. The Hall–Kier alpha value is -3.55. The number of rotatable bonds is 4. The molecule has 0 aliphatic rings. The summed E-state index contributed by atoms with van der Waals surface area (Å²) in [5.41, 5.74) is 7.99. The average Bonchev–Trinajstić information content (AvgIpc) is 2.50. The van der Waals surface area contributed by atoms with E-state index in [0.29, 0.717) is 17.8 Å². The Labute approximate surface area is 131 Å². The number of carboxylic acid groups (broad SMARTS) is 2. The molecule has 2 rings (SSSR count). The number of nitrogens with two attached hydrogens (primary N) is 1. The lowest BCUT2D eigenvalue weighted by Gasteiger charge is -2.07. The number of carbonyl (C=O) groups is 2. The molecule has 0 aliphatic heterocycles. The van der Waals surface area contributed by atoms with Gasteiger partial charge in [0.2, 0.25) is 0 Å². The van der Waals surface area contributed by atoms with Crippen LogP contribution in [0.1, 0.15) is 0 Å². The molecule has 0 spiro atoms. The van der Waals surface area contributed by atoms with Gasteiger partial charge in [-0.05, 0) is 30.3 Å². The third-order valence-electron chi connectivity index (χ3n) is 2.37. The molecule has 1 aromatic carbocycles. The third kappa shape index (κ3) is 7.14. The van der Waals surface area contributed by atoms with Gasteiger partial charge in [-0.3, -0.25) is 4.98 Å². The SMILES string of the molecule is Nc1ccncc1Nc1ccc(O)cc1.O=C(O)/C=C\C(=O)O. The Bertz CT molecular complexity index is 683. The lowest BCUT2D eigenvalue weighted by Crippen LogP contribution is -1.96. The number of benzene rings is 1. The molecular formula is C15H15N3O5. The first-order chi connectivity index (χ1) is 10.9. The number of aliphatic carboxylic acids is 2. The van der Waals surface area contributed by atoms with Gasteiger partial charge >= 0.3 is 11.9 Å². The molecule has 0 atom stereocenters. The zero-order chi connectivity index (χ0) is 17.2. The number of aromatic hydroxyl groups is 1. The molecule has 0 radical (unpaired) electrons. The molecule has 2 aromatic rings. The van der Waals surface area contributed by atoms with E-state index in [4.69, 9.17) is 21.1 Å². The molecule has 0 aliphatic carbocycles. The Morgan fingerprint density at radius 2 is 1.61 bits per heavy atom. The Morgan fingerprint density at radius 1 is 1.04 bits per heavy atom. The van der Waals surface area contributed by atoms with Gasteiger partial charge in [-0.1, -0.05) is 0 Å². The highest BCUT2D eigenvalue weighted by Crippen LogP contribution is 2.22. The van der Waals surface area contributed by atoms with Crippen LogP contribution in [-0.4, -0.2) is 32.2 Å². The van der Waals surface area contributed by atoms with Gasteiger partial charge in [-0.15, -0.1) is 0 Å². The molecule has 0 saturated heterocycles. The minimum Gasteiger partial charge on any atom is -0.508 e. The Balaban J connectivity index is 0.000000284. The fraction of sp³-hybridized carbons (Fsp3) is 0. The van der Waals surface area contributed by atoms with Gasteiger partial charge in [0.15, 0.2) is 0 Å². The molecule has 0 saturated carbocycles. The van der Waals surface area contributed by atoms with E-state index < -0.39 is 11.9 Å². The number of nitrogen functional groups attached to an aromatic ring is 1. The van der Waals surface area contributed by atoms with Crippen LogP contribution in [-0.2, 0) is 9.59 Å². The molecule has 8 nitrogen and oxygen atoms in total. The summed E-state index contributed by atoms with van der Waals surface area (Å²) in [5.74, 6) is -2.28. The number of pyridine rings is 1. The van der Waals surface area contributed by atoms with Crippen LogP contribution in [0.5, 0.6) is 5.75 Å². The first-order valence-electron chi connectivity index (χ1n) is 6.28. The van der Waals surface area contributed by atoms with E-state index in [9.17, 15) is 9.59 Å². The fourth-order valence-corrected chi connectivity index (χ4v) is 1.35. The number of phenols is 1. The molecule has 23 heavy (non-hydrogen) atoms. The number of anilines is 3. The Morgan fingerprint density at radius 3 is 2.09 bits per heavy atom. The maximum Gasteiger partial charge on any atom is 0.328 e. The number of nitrogens with zero attached hydrogens (tertiary/aromatic N) is 1. The van der Waals surface area contributed by atoms with Crippen molar-refractivity contribution >= 4 is 29.0 Å². The van der Waals surface area contributed by atoms with E-state index in [1.54, 1.807) is 42.7 Å². The summed E-state index contributed by atoms with van der Waals surface area (Å²) in [6.45, 7) is 0. The van der Waals surface area contributed by atoms with E-state index in [2.05, 4.69) is 10.3 Å². The summed E-state index contributed by atoms with van der Waals surface area (Å²) in [5, 5.41) is 27.8. The lowest BCUT2D eigenvalue weighted by molar-refractivity contribution is -0.134. The summed E-state index contributed by atoms with van der Waals surface area (Å²) >= 11 is 0. The Kier molecular flexibility index (Phi) is 6.60. The van der Waals surface area contributed by atoms with E-state index in [1.807, 2.05) is 0 Å². The zero-order valence-corrected chi connectivity index (χ0v) is 11.9. The van der Waals surface area contributed by atoms with Crippen molar-refractivity contribution in [3.05, 3.63) is 54.9 Å². The number of nitrogens with one attached hydrogen (secondary N) is 1. The molecule has 0 amide bonds. The van der Waals surface area contributed by atoms with Gasteiger partial charge in [0.1, 0.15) is 5.75 Å². The quantitative estimate of drug-likeness (QED) is 0.424. The van der Waals surface area contributed by atoms with Crippen LogP contribution in [0.25, 0.3) is 0 Å². The number of carboxylic acids is 2. The summed E-state index contributed by atoms with van der Waals surface area (Å²) in [7, 11) is 0. The second-order valence-electron chi connectivity index (χ2n) is 4.14. The monoisotopic (exact) mass is 317 g/mol. The molecule has 0 bridgehead atoms. The summed E-state index contributed by atoms with van der Waals surface area (Å²) < 4.78 is 0. The van der Waals surface area contributed by atoms with Crippen molar-refractivity contribution < 1.29 is 24.9 Å². The van der Waals surface area contributed by atoms with Crippen LogP contribution < -0.4 is 11.1 Å². The molecule has 1 heterocycles. The van der Waals surface area contributed by atoms with Crippen LogP contribution in [0.4, 0.5) is 17.1 Å². The second kappa shape index (κ2) is 8.67. The molecule has 6 N–H and O–H groups in total. The summed E-state index contributed by atoms with van der Waals surface area (Å²) in [6, 6.07) is 8.47. The largest absolute Gasteiger partial charge is 0.508 e. The van der Waals surface area contributed by atoms with Crippen molar-refractivity contribution in [3.8, 4) is 5.75 Å². The van der Waals surface area contributed by atoms with Crippen molar-refractivity contribution in [3.63, 3.8) is 0 Å². The van der Waals surface area contributed by atoms with Gasteiger partial charge in [0.25, 0.3) is 0 Å². The van der Waals surface area contributed by atoms with Crippen LogP contribution in [0.15, 0.2) is 54.9 Å². The number of phenolic OH excluding ortho intramolecular Hbond substituents is 1. The molecule has 120 valence electrons. The van der Waals surface area contributed by atoms with Gasteiger partial charge in [-0.2, -0.15) is 0 Å². The summed E-state index contributed by atoms with van der Waals surface area (Å²) in [6.07, 6.45) is 4.41. The van der Waals surface area contributed by atoms with Gasteiger partial charge < -0.3 is 26.4 Å². The maximum atomic E-state index is 9.55. The zero-order valence-electron chi connectivity index (χ0n) is 11.9. The number of hydrogen-bond acceptors (Lipinski definition) is 6. The standard InChI is InChI=1S/C11H11N3O.C4H4O4/c12-10-5-6-13-7-11(10)14-8-1-3-9(15)4-2-8;5-3(6)1-2-4(7)8/h1-7,14-15H,(H2,12,13);1-2H,(H,5,6)(H,7,8)/b;2-1-. The first-order valence-corrected chi connectivity index (χ1v) is 6.28. The fourth-order valence-electron chi connectivity index (χ4n) is 1.35.